The summed E-state index contributed by atoms with van der Waals surface area (Å²) in [6.07, 6.45) is -4.96. The number of benzene rings is 1. The van der Waals surface area contributed by atoms with E-state index in [-0.39, 0.29) is 21.7 Å². The molecule has 0 atom stereocenters. The van der Waals surface area contributed by atoms with Crippen molar-refractivity contribution in [3.8, 4) is 0 Å². The summed E-state index contributed by atoms with van der Waals surface area (Å²) in [5.41, 5.74) is -0.0694. The Labute approximate surface area is 104 Å². The Morgan fingerprint density at radius 2 is 1.65 bits per heavy atom. The minimum atomic E-state index is -5.03. The molecule has 17 heavy (non-hydrogen) atoms. The Morgan fingerprint density at radius 1 is 1.18 bits per heavy atom. The molecule has 0 aromatic heterocycles. The molecule has 2 nitrogen and oxygen atoms in total. The Kier molecular flexibility index (Phi) is 4.06. The maximum Gasteiger partial charge on any atom is 0.454 e. The normalized spacial score (nSPS) is 12.6. The molecule has 92 valence electrons. The van der Waals surface area contributed by atoms with Crippen molar-refractivity contribution in [1.82, 2.24) is 0 Å². The predicted octanol–water partition coefficient (Wildman–Crippen LogP) is 4.02. The number of ketones is 1. The van der Waals surface area contributed by atoms with Crippen molar-refractivity contribution < 1.29 is 23.1 Å². The van der Waals surface area contributed by atoms with Gasteiger partial charge in [0.25, 0.3) is 5.78 Å². The quantitative estimate of drug-likeness (QED) is 0.658. The first-order chi connectivity index (χ1) is 7.70. The molecule has 1 aromatic rings. The second-order valence-corrected chi connectivity index (χ2v) is 3.92. The molecule has 0 aliphatic rings. The second-order valence-electron chi connectivity index (χ2n) is 3.05. The van der Waals surface area contributed by atoms with Gasteiger partial charge in [-0.3, -0.25) is 4.79 Å². The molecule has 0 bridgehead atoms. The number of carbonyl (C=O) groups is 1. The van der Waals surface area contributed by atoms with E-state index in [9.17, 15) is 23.1 Å². The molecule has 0 aliphatic heterocycles. The van der Waals surface area contributed by atoms with Crippen LogP contribution in [-0.2, 0) is 4.79 Å². The molecular weight excluding hydrogens is 280 g/mol. The van der Waals surface area contributed by atoms with Crippen LogP contribution in [0.1, 0.15) is 5.56 Å². The van der Waals surface area contributed by atoms with Gasteiger partial charge in [-0.1, -0.05) is 23.2 Å². The van der Waals surface area contributed by atoms with Crippen molar-refractivity contribution in [2.75, 3.05) is 0 Å². The number of aliphatic hydroxyl groups excluding tert-OH is 1. The van der Waals surface area contributed by atoms with Gasteiger partial charge < -0.3 is 5.11 Å². The monoisotopic (exact) mass is 284 g/mol. The number of rotatable bonds is 2. The summed E-state index contributed by atoms with van der Waals surface area (Å²) >= 11 is 11.2. The van der Waals surface area contributed by atoms with Gasteiger partial charge in [0.15, 0.2) is 0 Å². The number of hydrogen-bond acceptors (Lipinski definition) is 2. The van der Waals surface area contributed by atoms with E-state index >= 15 is 0 Å². The van der Waals surface area contributed by atoms with Crippen LogP contribution in [0.3, 0.4) is 0 Å². The molecule has 1 N–H and O–H groups in total. The Hall–Kier alpha value is -1.20. The number of alkyl halides is 3. The van der Waals surface area contributed by atoms with Gasteiger partial charge in [0.1, 0.15) is 5.76 Å². The highest BCUT2D eigenvalue weighted by Gasteiger charge is 2.37. The zero-order chi connectivity index (χ0) is 13.2. The van der Waals surface area contributed by atoms with Crippen LogP contribution in [-0.4, -0.2) is 17.1 Å². The molecule has 0 aliphatic carbocycles. The third-order valence-electron chi connectivity index (χ3n) is 1.71. The SMILES string of the molecule is O=C(/C=C(\O)c1cc(Cl)cc(Cl)c1)C(F)(F)F. The summed E-state index contributed by atoms with van der Waals surface area (Å²) < 4.78 is 35.8. The predicted molar refractivity (Wildman–Crippen MR) is 58.1 cm³/mol. The Morgan fingerprint density at radius 3 is 2.06 bits per heavy atom. The molecule has 0 amide bonds. The van der Waals surface area contributed by atoms with Crippen LogP contribution < -0.4 is 0 Å². The highest BCUT2D eigenvalue weighted by molar-refractivity contribution is 6.34. The van der Waals surface area contributed by atoms with Gasteiger partial charge in [-0.2, -0.15) is 13.2 Å². The lowest BCUT2D eigenvalue weighted by Crippen LogP contribution is -2.20. The van der Waals surface area contributed by atoms with E-state index in [2.05, 4.69) is 0 Å². The maximum absolute atomic E-state index is 11.9. The minimum absolute atomic E-state index is 0.0694. The lowest BCUT2D eigenvalue weighted by molar-refractivity contribution is -0.165. The van der Waals surface area contributed by atoms with E-state index in [1.807, 2.05) is 0 Å². The number of halogens is 5. The van der Waals surface area contributed by atoms with Gasteiger partial charge >= 0.3 is 6.18 Å². The van der Waals surface area contributed by atoms with E-state index < -0.39 is 17.7 Å². The van der Waals surface area contributed by atoms with Gasteiger partial charge in [0.05, 0.1) is 0 Å². The summed E-state index contributed by atoms with van der Waals surface area (Å²) in [6, 6.07) is 3.71. The molecule has 1 rings (SSSR count). The first kappa shape index (κ1) is 13.9. The van der Waals surface area contributed by atoms with Crippen LogP contribution in [0.25, 0.3) is 5.76 Å². The van der Waals surface area contributed by atoms with Crippen molar-refractivity contribution in [3.05, 3.63) is 39.9 Å². The zero-order valence-electron chi connectivity index (χ0n) is 8.05. The molecule has 0 radical (unpaired) electrons. The molecule has 0 saturated carbocycles. The minimum Gasteiger partial charge on any atom is -0.507 e. The lowest BCUT2D eigenvalue weighted by Gasteiger charge is -2.04. The lowest BCUT2D eigenvalue weighted by atomic mass is 10.1. The topological polar surface area (TPSA) is 37.3 Å². The number of allylic oxidation sites excluding steroid dienone is 1. The van der Waals surface area contributed by atoms with Gasteiger partial charge in [0.2, 0.25) is 0 Å². The average molecular weight is 285 g/mol. The number of carbonyl (C=O) groups excluding carboxylic acids is 1. The standard InChI is InChI=1S/C10H5Cl2F3O2/c11-6-1-5(2-7(12)3-6)8(16)4-9(17)10(13,14)15/h1-4,16H/b8-4-. The van der Waals surface area contributed by atoms with Gasteiger partial charge in [-0.25, -0.2) is 0 Å². The highest BCUT2D eigenvalue weighted by atomic mass is 35.5. The number of aliphatic hydroxyl groups is 1. The zero-order valence-corrected chi connectivity index (χ0v) is 9.57. The first-order valence-corrected chi connectivity index (χ1v) is 4.94. The van der Waals surface area contributed by atoms with Gasteiger partial charge in [-0.05, 0) is 18.2 Å². The van der Waals surface area contributed by atoms with Crippen molar-refractivity contribution in [3.63, 3.8) is 0 Å². The van der Waals surface area contributed by atoms with Crippen LogP contribution in [0.5, 0.6) is 0 Å². The summed E-state index contributed by atoms with van der Waals surface area (Å²) in [5, 5.41) is 9.59. The van der Waals surface area contributed by atoms with Gasteiger partial charge in [0, 0.05) is 21.7 Å². The third kappa shape index (κ3) is 3.94. The largest absolute Gasteiger partial charge is 0.507 e. The van der Waals surface area contributed by atoms with Crippen LogP contribution in [0.2, 0.25) is 10.0 Å². The molecule has 7 heteroatoms. The molecule has 0 unspecified atom stereocenters. The Balaban J connectivity index is 3.08. The molecule has 0 spiro atoms. The van der Waals surface area contributed by atoms with E-state index in [0.29, 0.717) is 0 Å². The molecular formula is C10H5Cl2F3O2. The fourth-order valence-electron chi connectivity index (χ4n) is 0.991. The number of hydrogen-bond donors (Lipinski definition) is 1. The van der Waals surface area contributed by atoms with E-state index in [1.165, 1.54) is 18.2 Å². The first-order valence-electron chi connectivity index (χ1n) is 4.18. The molecule has 0 fully saturated rings. The summed E-state index contributed by atoms with van der Waals surface area (Å²) in [7, 11) is 0. The van der Waals surface area contributed by atoms with Crippen molar-refractivity contribution in [2.45, 2.75) is 6.18 Å². The van der Waals surface area contributed by atoms with Crippen molar-refractivity contribution in [2.24, 2.45) is 0 Å². The van der Waals surface area contributed by atoms with Crippen LogP contribution >= 0.6 is 23.2 Å². The van der Waals surface area contributed by atoms with Crippen LogP contribution in [0, 0.1) is 0 Å². The summed E-state index contributed by atoms with van der Waals surface area (Å²) in [5.74, 6) is -3.01. The summed E-state index contributed by atoms with van der Waals surface area (Å²) in [4.78, 5) is 10.6. The average Bonchev–Trinajstić information content (AvgIpc) is 2.14. The molecule has 0 heterocycles. The van der Waals surface area contributed by atoms with Crippen molar-refractivity contribution >= 4 is 34.7 Å². The molecule has 1 aromatic carbocycles. The fourth-order valence-corrected chi connectivity index (χ4v) is 1.52. The fraction of sp³-hybridized carbons (Fsp3) is 0.100. The summed E-state index contributed by atoms with van der Waals surface area (Å²) in [6.45, 7) is 0. The van der Waals surface area contributed by atoms with E-state index in [4.69, 9.17) is 23.2 Å². The van der Waals surface area contributed by atoms with Crippen LogP contribution in [0.15, 0.2) is 24.3 Å². The van der Waals surface area contributed by atoms with E-state index in [0.717, 1.165) is 0 Å². The van der Waals surface area contributed by atoms with Gasteiger partial charge in [-0.15, -0.1) is 0 Å². The Bertz CT molecular complexity index is 461. The second kappa shape index (κ2) is 4.98. The third-order valence-corrected chi connectivity index (χ3v) is 2.14. The molecule has 0 saturated heterocycles. The highest BCUT2D eigenvalue weighted by Crippen LogP contribution is 2.24. The van der Waals surface area contributed by atoms with Crippen molar-refractivity contribution in [1.29, 1.82) is 0 Å². The van der Waals surface area contributed by atoms with Crippen LogP contribution in [0.4, 0.5) is 13.2 Å². The van der Waals surface area contributed by atoms with E-state index in [1.54, 1.807) is 0 Å². The maximum atomic E-state index is 11.9. The smallest absolute Gasteiger partial charge is 0.454 e.